The highest BCUT2D eigenvalue weighted by Gasteiger charge is 2.39. The third-order valence-electron chi connectivity index (χ3n) is 5.20. The molecule has 0 N–H and O–H groups in total. The number of benzene rings is 2. The Labute approximate surface area is 123 Å². The first-order chi connectivity index (χ1) is 9.37. The highest BCUT2D eigenvalue weighted by molar-refractivity contribution is 5.30. The van der Waals surface area contributed by atoms with E-state index >= 15 is 0 Å². The average molecular weight is 266 g/mol. The molecular weight excluding hydrogens is 240 g/mol. The SMILES string of the molecule is CC(C(C)(C)c1ccccc1)C(C)(C)c1ccccc1. The number of hydrogen-bond acceptors (Lipinski definition) is 0. The second-order valence-corrected chi connectivity index (χ2v) is 6.90. The topological polar surface area (TPSA) is 0 Å². The third kappa shape index (κ3) is 2.65. The first-order valence-corrected chi connectivity index (χ1v) is 7.48. The van der Waals surface area contributed by atoms with Gasteiger partial charge in [-0.1, -0.05) is 95.3 Å². The lowest BCUT2D eigenvalue weighted by Crippen LogP contribution is -2.40. The summed E-state index contributed by atoms with van der Waals surface area (Å²) in [6.45, 7) is 11.8. The molecule has 0 heterocycles. The molecule has 0 saturated heterocycles. The van der Waals surface area contributed by atoms with Crippen molar-refractivity contribution in [1.82, 2.24) is 0 Å². The molecule has 0 aliphatic rings. The first-order valence-electron chi connectivity index (χ1n) is 7.48. The first kappa shape index (κ1) is 14.8. The van der Waals surface area contributed by atoms with Crippen molar-refractivity contribution in [2.45, 2.75) is 45.4 Å². The molecule has 0 bridgehead atoms. The molecular formula is C20H26. The highest BCUT2D eigenvalue weighted by Crippen LogP contribution is 2.43. The molecule has 0 nitrogen and oxygen atoms in total. The molecule has 0 spiro atoms. The van der Waals surface area contributed by atoms with Gasteiger partial charge in [0, 0.05) is 0 Å². The fraction of sp³-hybridized carbons (Fsp3) is 0.400. The molecule has 106 valence electrons. The zero-order chi connectivity index (χ0) is 14.8. The van der Waals surface area contributed by atoms with E-state index in [1.165, 1.54) is 11.1 Å². The summed E-state index contributed by atoms with van der Waals surface area (Å²) >= 11 is 0. The molecule has 0 atom stereocenters. The van der Waals surface area contributed by atoms with E-state index in [2.05, 4.69) is 95.3 Å². The number of rotatable bonds is 4. The summed E-state index contributed by atoms with van der Waals surface area (Å²) in [5.41, 5.74) is 3.11. The monoisotopic (exact) mass is 266 g/mol. The molecule has 2 aromatic carbocycles. The van der Waals surface area contributed by atoms with Gasteiger partial charge in [-0.2, -0.15) is 0 Å². The van der Waals surface area contributed by atoms with Gasteiger partial charge in [-0.25, -0.2) is 0 Å². The van der Waals surface area contributed by atoms with Crippen LogP contribution in [0, 0.1) is 5.92 Å². The fourth-order valence-electron chi connectivity index (χ4n) is 3.14. The van der Waals surface area contributed by atoms with Crippen LogP contribution in [0.5, 0.6) is 0 Å². The van der Waals surface area contributed by atoms with E-state index in [1.54, 1.807) is 0 Å². The van der Waals surface area contributed by atoms with Crippen LogP contribution >= 0.6 is 0 Å². The van der Waals surface area contributed by atoms with E-state index in [1.807, 2.05) is 0 Å². The van der Waals surface area contributed by atoms with E-state index in [4.69, 9.17) is 0 Å². The molecule has 0 aliphatic heterocycles. The maximum atomic E-state index is 2.38. The minimum absolute atomic E-state index is 0.139. The van der Waals surface area contributed by atoms with Crippen molar-refractivity contribution in [2.75, 3.05) is 0 Å². The molecule has 0 fully saturated rings. The van der Waals surface area contributed by atoms with Crippen molar-refractivity contribution >= 4 is 0 Å². The molecule has 0 amide bonds. The van der Waals surface area contributed by atoms with Gasteiger partial charge in [-0.3, -0.25) is 0 Å². The van der Waals surface area contributed by atoms with Gasteiger partial charge < -0.3 is 0 Å². The normalized spacial score (nSPS) is 12.7. The Hall–Kier alpha value is -1.56. The van der Waals surface area contributed by atoms with Crippen LogP contribution in [0.2, 0.25) is 0 Å². The van der Waals surface area contributed by atoms with Gasteiger partial charge in [0.1, 0.15) is 0 Å². The quantitative estimate of drug-likeness (QED) is 0.678. The minimum Gasteiger partial charge on any atom is -0.0622 e. The maximum Gasteiger partial charge on any atom is -0.00697 e. The number of hydrogen-bond donors (Lipinski definition) is 0. The third-order valence-corrected chi connectivity index (χ3v) is 5.20. The molecule has 0 aromatic heterocycles. The van der Waals surface area contributed by atoms with Crippen LogP contribution in [0.4, 0.5) is 0 Å². The largest absolute Gasteiger partial charge is 0.0622 e. The van der Waals surface area contributed by atoms with Gasteiger partial charge in [-0.05, 0) is 27.9 Å². The molecule has 0 unspecified atom stereocenters. The van der Waals surface area contributed by atoms with Gasteiger partial charge in [-0.15, -0.1) is 0 Å². The molecule has 0 radical (unpaired) electrons. The Balaban J connectivity index is 2.37. The van der Waals surface area contributed by atoms with Crippen LogP contribution in [-0.4, -0.2) is 0 Å². The second kappa shape index (κ2) is 5.44. The van der Waals surface area contributed by atoms with E-state index in [9.17, 15) is 0 Å². The summed E-state index contributed by atoms with van der Waals surface area (Å²) in [4.78, 5) is 0. The van der Waals surface area contributed by atoms with Gasteiger partial charge >= 0.3 is 0 Å². The summed E-state index contributed by atoms with van der Waals surface area (Å²) in [5.74, 6) is 0.528. The minimum atomic E-state index is 0.139. The average Bonchev–Trinajstić information content (AvgIpc) is 2.48. The summed E-state index contributed by atoms with van der Waals surface area (Å²) in [5, 5.41) is 0. The Morgan fingerprint density at radius 1 is 0.600 bits per heavy atom. The van der Waals surface area contributed by atoms with E-state index in [0.29, 0.717) is 5.92 Å². The zero-order valence-corrected chi connectivity index (χ0v) is 13.4. The summed E-state index contributed by atoms with van der Waals surface area (Å²) in [6.07, 6.45) is 0. The lowest BCUT2D eigenvalue weighted by Gasteiger charge is -2.43. The predicted octanol–water partition coefficient (Wildman–Crippen LogP) is 5.58. The van der Waals surface area contributed by atoms with Crippen molar-refractivity contribution in [3.8, 4) is 0 Å². The van der Waals surface area contributed by atoms with Crippen LogP contribution in [0.1, 0.15) is 45.7 Å². The van der Waals surface area contributed by atoms with E-state index in [-0.39, 0.29) is 10.8 Å². The standard InChI is InChI=1S/C20H26/c1-16(19(2,3)17-12-8-6-9-13-17)20(4,5)18-14-10-7-11-15-18/h6-16H,1-5H3. The molecule has 0 aliphatic carbocycles. The second-order valence-electron chi connectivity index (χ2n) is 6.90. The van der Waals surface area contributed by atoms with Crippen LogP contribution < -0.4 is 0 Å². The lowest BCUT2D eigenvalue weighted by molar-refractivity contribution is 0.221. The maximum absolute atomic E-state index is 2.38. The Morgan fingerprint density at radius 2 is 0.900 bits per heavy atom. The molecule has 20 heavy (non-hydrogen) atoms. The van der Waals surface area contributed by atoms with Gasteiger partial charge in [0.2, 0.25) is 0 Å². The van der Waals surface area contributed by atoms with Crippen molar-refractivity contribution in [3.63, 3.8) is 0 Å². The molecule has 0 saturated carbocycles. The summed E-state index contributed by atoms with van der Waals surface area (Å²) in [7, 11) is 0. The molecule has 2 aromatic rings. The summed E-state index contributed by atoms with van der Waals surface area (Å²) in [6, 6.07) is 21.7. The molecule has 0 heteroatoms. The Kier molecular flexibility index (Phi) is 4.04. The smallest absolute Gasteiger partial charge is 0.00697 e. The van der Waals surface area contributed by atoms with Gasteiger partial charge in [0.25, 0.3) is 0 Å². The van der Waals surface area contributed by atoms with Crippen LogP contribution in [0.3, 0.4) is 0 Å². The fourth-order valence-corrected chi connectivity index (χ4v) is 3.14. The van der Waals surface area contributed by atoms with Crippen LogP contribution in [0.25, 0.3) is 0 Å². The van der Waals surface area contributed by atoms with Crippen molar-refractivity contribution < 1.29 is 0 Å². The zero-order valence-electron chi connectivity index (χ0n) is 13.4. The summed E-state index contributed by atoms with van der Waals surface area (Å²) < 4.78 is 0. The predicted molar refractivity (Wildman–Crippen MR) is 88.1 cm³/mol. The van der Waals surface area contributed by atoms with Crippen molar-refractivity contribution in [1.29, 1.82) is 0 Å². The molecule has 2 rings (SSSR count). The van der Waals surface area contributed by atoms with Crippen molar-refractivity contribution in [3.05, 3.63) is 71.8 Å². The van der Waals surface area contributed by atoms with E-state index < -0.39 is 0 Å². The highest BCUT2D eigenvalue weighted by atomic mass is 14.4. The van der Waals surface area contributed by atoms with E-state index in [0.717, 1.165) is 0 Å². The lowest BCUT2D eigenvalue weighted by atomic mass is 9.61. The van der Waals surface area contributed by atoms with Crippen molar-refractivity contribution in [2.24, 2.45) is 5.92 Å². The van der Waals surface area contributed by atoms with Crippen LogP contribution in [0.15, 0.2) is 60.7 Å². The Morgan fingerprint density at radius 3 is 1.20 bits per heavy atom. The van der Waals surface area contributed by atoms with Gasteiger partial charge in [0.15, 0.2) is 0 Å². The Bertz CT molecular complexity index is 483. The van der Waals surface area contributed by atoms with Gasteiger partial charge in [0.05, 0.1) is 0 Å². The van der Waals surface area contributed by atoms with Crippen LogP contribution in [-0.2, 0) is 10.8 Å².